The monoisotopic (exact) mass is 378 g/mol. The van der Waals surface area contributed by atoms with Crippen molar-refractivity contribution in [3.05, 3.63) is 53.3 Å². The minimum absolute atomic E-state index is 0.0382. The third-order valence-corrected chi connectivity index (χ3v) is 4.57. The summed E-state index contributed by atoms with van der Waals surface area (Å²) >= 11 is 0. The van der Waals surface area contributed by atoms with E-state index in [1.807, 2.05) is 48.0 Å². The lowest BCUT2D eigenvalue weighted by molar-refractivity contribution is -0.00647. The highest BCUT2D eigenvalue weighted by molar-refractivity contribution is 5.94. The summed E-state index contributed by atoms with van der Waals surface area (Å²) in [6, 6.07) is 11.9. The number of Topliss-reactive ketones (excluding diaryl/α,β-unsaturated/α-hetero) is 1. The first-order chi connectivity index (χ1) is 12.9. The van der Waals surface area contributed by atoms with Gasteiger partial charge < -0.3 is 4.74 Å². The number of fused-ring (bicyclic) bond motifs is 1. The second kappa shape index (κ2) is 9.74. The van der Waals surface area contributed by atoms with Gasteiger partial charge in [-0.2, -0.15) is 5.10 Å². The molecule has 0 amide bonds. The standard InChI is InChI=1S/C16H18N2O2.C5H10F2/c1-2-6-15(19)13-11-14-16(12-7-4-3-5-8-12)20-10-9-18(14)17-13;1-3-5(6,7)4-2/h3-5,7-8,11,16H,2,6,9-10H2,1H3;3-4H2,1-2H3. The van der Waals surface area contributed by atoms with Crippen LogP contribution in [0.5, 0.6) is 0 Å². The van der Waals surface area contributed by atoms with Crippen LogP contribution in [0.1, 0.15) is 74.3 Å². The highest BCUT2D eigenvalue weighted by Gasteiger charge is 2.26. The van der Waals surface area contributed by atoms with E-state index in [2.05, 4.69) is 5.10 Å². The fourth-order valence-electron chi connectivity index (χ4n) is 2.80. The van der Waals surface area contributed by atoms with Crippen molar-refractivity contribution < 1.29 is 18.3 Å². The van der Waals surface area contributed by atoms with E-state index in [1.165, 1.54) is 13.8 Å². The number of halogens is 2. The van der Waals surface area contributed by atoms with Gasteiger partial charge >= 0.3 is 0 Å². The first-order valence-corrected chi connectivity index (χ1v) is 9.57. The molecule has 0 radical (unpaired) electrons. The number of alkyl halides is 2. The third kappa shape index (κ3) is 5.70. The topological polar surface area (TPSA) is 44.1 Å². The van der Waals surface area contributed by atoms with Crippen molar-refractivity contribution in [1.82, 2.24) is 9.78 Å². The molecular weight excluding hydrogens is 350 g/mol. The largest absolute Gasteiger partial charge is 0.365 e. The Morgan fingerprint density at radius 2 is 1.89 bits per heavy atom. The molecule has 1 aromatic carbocycles. The molecule has 0 N–H and O–H groups in total. The summed E-state index contributed by atoms with van der Waals surface area (Å²) in [6.07, 6.45) is 1.19. The zero-order chi connectivity index (χ0) is 19.9. The number of benzene rings is 1. The normalized spacial score (nSPS) is 16.3. The zero-order valence-electron chi connectivity index (χ0n) is 16.3. The predicted octanol–water partition coefficient (Wildman–Crippen LogP) is 5.43. The molecular formula is C21H28F2N2O2. The number of hydrogen-bond donors (Lipinski definition) is 0. The van der Waals surface area contributed by atoms with Crippen LogP contribution in [-0.4, -0.2) is 28.1 Å². The number of rotatable bonds is 6. The van der Waals surface area contributed by atoms with Crippen LogP contribution in [-0.2, 0) is 11.3 Å². The first kappa shape index (κ1) is 21.2. The van der Waals surface area contributed by atoms with E-state index >= 15 is 0 Å². The van der Waals surface area contributed by atoms with E-state index < -0.39 is 5.92 Å². The van der Waals surface area contributed by atoms with Gasteiger partial charge in [0.25, 0.3) is 0 Å². The predicted molar refractivity (Wildman–Crippen MR) is 101 cm³/mol. The van der Waals surface area contributed by atoms with Crippen LogP contribution in [0, 0.1) is 0 Å². The highest BCUT2D eigenvalue weighted by Crippen LogP contribution is 2.29. The van der Waals surface area contributed by atoms with Gasteiger partial charge in [0.15, 0.2) is 5.78 Å². The second-order valence-electron chi connectivity index (χ2n) is 6.58. The molecule has 0 fully saturated rings. The van der Waals surface area contributed by atoms with E-state index in [0.717, 1.165) is 17.7 Å². The maximum atomic E-state index is 12.0. The van der Waals surface area contributed by atoms with E-state index in [9.17, 15) is 13.6 Å². The SMILES string of the molecule is CCC(F)(F)CC.CCCC(=O)c1cc2n(n1)CCOC2c1ccccc1. The van der Waals surface area contributed by atoms with Gasteiger partial charge in [-0.15, -0.1) is 0 Å². The first-order valence-electron chi connectivity index (χ1n) is 9.57. The van der Waals surface area contributed by atoms with Crippen molar-refractivity contribution in [3.63, 3.8) is 0 Å². The summed E-state index contributed by atoms with van der Waals surface area (Å²) in [5.41, 5.74) is 2.64. The number of ether oxygens (including phenoxy) is 1. The van der Waals surface area contributed by atoms with Gasteiger partial charge in [-0.3, -0.25) is 9.48 Å². The minimum atomic E-state index is -2.42. The van der Waals surface area contributed by atoms with Gasteiger partial charge in [0.1, 0.15) is 11.8 Å². The summed E-state index contributed by atoms with van der Waals surface area (Å²) in [6.45, 7) is 6.31. The lowest BCUT2D eigenvalue weighted by Crippen LogP contribution is -2.22. The van der Waals surface area contributed by atoms with Crippen molar-refractivity contribution in [3.8, 4) is 0 Å². The summed E-state index contributed by atoms with van der Waals surface area (Å²) in [5, 5.41) is 4.43. The molecule has 1 atom stereocenters. The molecule has 6 heteroatoms. The molecule has 0 aliphatic carbocycles. The number of aromatic nitrogens is 2. The van der Waals surface area contributed by atoms with Gasteiger partial charge in [0, 0.05) is 19.3 Å². The fraction of sp³-hybridized carbons (Fsp3) is 0.524. The van der Waals surface area contributed by atoms with Crippen molar-refractivity contribution in [1.29, 1.82) is 0 Å². The molecule has 1 aromatic heterocycles. The minimum Gasteiger partial charge on any atom is -0.365 e. The Bertz CT molecular complexity index is 723. The second-order valence-corrected chi connectivity index (χ2v) is 6.58. The van der Waals surface area contributed by atoms with Crippen LogP contribution in [0.2, 0.25) is 0 Å². The molecule has 3 rings (SSSR count). The van der Waals surface area contributed by atoms with Crippen molar-refractivity contribution in [2.45, 2.75) is 65.0 Å². The molecule has 148 valence electrons. The van der Waals surface area contributed by atoms with Crippen LogP contribution >= 0.6 is 0 Å². The Balaban J connectivity index is 0.000000321. The summed E-state index contributed by atoms with van der Waals surface area (Å²) in [5.74, 6) is -2.30. The van der Waals surface area contributed by atoms with E-state index in [0.29, 0.717) is 25.3 Å². The molecule has 2 heterocycles. The van der Waals surface area contributed by atoms with Crippen LogP contribution in [0.15, 0.2) is 36.4 Å². The Morgan fingerprint density at radius 1 is 1.22 bits per heavy atom. The van der Waals surface area contributed by atoms with E-state index in [4.69, 9.17) is 4.74 Å². The average molecular weight is 378 g/mol. The molecule has 1 aliphatic heterocycles. The molecule has 4 nitrogen and oxygen atoms in total. The number of hydrogen-bond acceptors (Lipinski definition) is 3. The number of nitrogens with zero attached hydrogens (tertiary/aromatic N) is 2. The van der Waals surface area contributed by atoms with Gasteiger partial charge in [-0.25, -0.2) is 8.78 Å². The zero-order valence-corrected chi connectivity index (χ0v) is 16.3. The van der Waals surface area contributed by atoms with Crippen molar-refractivity contribution in [2.24, 2.45) is 0 Å². The Labute approximate surface area is 159 Å². The number of ketones is 1. The summed E-state index contributed by atoms with van der Waals surface area (Å²) < 4.78 is 31.5. The van der Waals surface area contributed by atoms with Crippen LogP contribution in [0.4, 0.5) is 8.78 Å². The molecule has 1 unspecified atom stereocenters. The van der Waals surface area contributed by atoms with Crippen LogP contribution < -0.4 is 0 Å². The molecule has 0 saturated heterocycles. The Hall–Kier alpha value is -2.08. The Morgan fingerprint density at radius 3 is 2.44 bits per heavy atom. The van der Waals surface area contributed by atoms with Crippen LogP contribution in [0.3, 0.4) is 0 Å². The Kier molecular flexibility index (Phi) is 7.66. The average Bonchev–Trinajstić information content (AvgIpc) is 3.14. The van der Waals surface area contributed by atoms with Crippen molar-refractivity contribution >= 4 is 5.78 Å². The molecule has 1 aliphatic rings. The smallest absolute Gasteiger partial charge is 0.247 e. The van der Waals surface area contributed by atoms with Gasteiger partial charge in [0.05, 0.1) is 18.8 Å². The molecule has 0 spiro atoms. The molecule has 0 bridgehead atoms. The highest BCUT2D eigenvalue weighted by atomic mass is 19.3. The number of carbonyl (C=O) groups is 1. The molecule has 0 saturated carbocycles. The van der Waals surface area contributed by atoms with E-state index in [-0.39, 0.29) is 24.7 Å². The summed E-state index contributed by atoms with van der Waals surface area (Å²) in [7, 11) is 0. The fourth-order valence-corrected chi connectivity index (χ4v) is 2.80. The van der Waals surface area contributed by atoms with E-state index in [1.54, 1.807) is 0 Å². The quantitative estimate of drug-likeness (QED) is 0.630. The van der Waals surface area contributed by atoms with Crippen molar-refractivity contribution in [2.75, 3.05) is 6.61 Å². The van der Waals surface area contributed by atoms with Gasteiger partial charge in [-0.05, 0) is 18.1 Å². The summed E-state index contributed by atoms with van der Waals surface area (Å²) in [4.78, 5) is 12.0. The lowest BCUT2D eigenvalue weighted by Gasteiger charge is -2.24. The third-order valence-electron chi connectivity index (χ3n) is 4.57. The van der Waals surface area contributed by atoms with Gasteiger partial charge in [-0.1, -0.05) is 51.1 Å². The maximum absolute atomic E-state index is 12.0. The molecule has 2 aromatic rings. The van der Waals surface area contributed by atoms with Gasteiger partial charge in [0.2, 0.25) is 5.92 Å². The number of carbonyl (C=O) groups excluding carboxylic acids is 1. The van der Waals surface area contributed by atoms with Crippen LogP contribution in [0.25, 0.3) is 0 Å². The lowest BCUT2D eigenvalue weighted by atomic mass is 10.0. The molecule has 27 heavy (non-hydrogen) atoms. The maximum Gasteiger partial charge on any atom is 0.247 e.